The van der Waals surface area contributed by atoms with Crippen molar-refractivity contribution in [1.29, 1.82) is 0 Å². The highest BCUT2D eigenvalue weighted by Crippen LogP contribution is 2.39. The molecule has 0 bridgehead atoms. The molecule has 0 aromatic rings. The normalized spacial score (nSPS) is 39.1. The zero-order valence-corrected chi connectivity index (χ0v) is 10.7. The van der Waals surface area contributed by atoms with Crippen molar-refractivity contribution in [2.24, 2.45) is 17.8 Å². The van der Waals surface area contributed by atoms with Crippen LogP contribution in [0.5, 0.6) is 0 Å². The molecule has 2 aliphatic rings. The van der Waals surface area contributed by atoms with Crippen molar-refractivity contribution in [2.75, 3.05) is 6.79 Å². The van der Waals surface area contributed by atoms with Gasteiger partial charge < -0.3 is 9.47 Å². The maximum atomic E-state index is 11.2. The van der Waals surface area contributed by atoms with Crippen molar-refractivity contribution < 1.29 is 14.4 Å². The number of ether oxygens (including phenoxy) is 2. The number of rotatable bonds is 3. The van der Waals surface area contributed by atoms with Crippen LogP contribution in [0.1, 0.15) is 33.6 Å². The third-order valence-corrected chi connectivity index (χ3v) is 4.45. The van der Waals surface area contributed by atoms with Gasteiger partial charge in [-0.2, -0.15) is 0 Å². The Hall–Kier alpha value is -0.680. The van der Waals surface area contributed by atoms with Gasteiger partial charge in [-0.05, 0) is 18.3 Å². The predicted octanol–water partition coefficient (Wildman–Crippen LogP) is 2.08. The van der Waals surface area contributed by atoms with Crippen LogP contribution in [-0.4, -0.2) is 30.0 Å². The second-order valence-corrected chi connectivity index (χ2v) is 5.62. The second kappa shape index (κ2) is 4.90. The first-order valence-corrected chi connectivity index (χ1v) is 6.37. The molecule has 1 saturated carbocycles. The molecule has 1 aliphatic heterocycles. The van der Waals surface area contributed by atoms with E-state index in [4.69, 9.17) is 9.47 Å². The Morgan fingerprint density at radius 1 is 1.18 bits per heavy atom. The van der Waals surface area contributed by atoms with E-state index in [0.29, 0.717) is 25.0 Å². The van der Waals surface area contributed by atoms with Crippen molar-refractivity contribution in [1.82, 2.24) is 0 Å². The molecule has 0 aromatic carbocycles. The van der Waals surface area contributed by atoms with Crippen molar-refractivity contribution in [3.63, 3.8) is 0 Å². The van der Waals surface area contributed by atoms with Gasteiger partial charge in [0.05, 0.1) is 12.2 Å². The standard InChI is InChI=1S/C12H21NO4/c1-7(2)8(3)9-4-11-12(17-6-16-11)5-10(9)13(14)15/h7-12H,4-6H2,1-3H3. The molecule has 5 heteroatoms. The highest BCUT2D eigenvalue weighted by molar-refractivity contribution is 4.91. The van der Waals surface area contributed by atoms with Crippen LogP contribution < -0.4 is 0 Å². The van der Waals surface area contributed by atoms with Gasteiger partial charge in [-0.25, -0.2) is 0 Å². The monoisotopic (exact) mass is 243 g/mol. The average Bonchev–Trinajstić information content (AvgIpc) is 2.72. The summed E-state index contributed by atoms with van der Waals surface area (Å²) in [6.45, 7) is 6.66. The third-order valence-electron chi connectivity index (χ3n) is 4.45. The zero-order chi connectivity index (χ0) is 12.6. The van der Waals surface area contributed by atoms with Gasteiger partial charge in [0, 0.05) is 17.3 Å². The molecule has 2 rings (SSSR count). The molecular weight excluding hydrogens is 222 g/mol. The van der Waals surface area contributed by atoms with Crippen LogP contribution in [0.3, 0.4) is 0 Å². The molecule has 5 atom stereocenters. The van der Waals surface area contributed by atoms with Crippen molar-refractivity contribution in [3.05, 3.63) is 10.1 Å². The van der Waals surface area contributed by atoms with Crippen LogP contribution in [0.25, 0.3) is 0 Å². The minimum absolute atomic E-state index is 0.0670. The molecule has 0 radical (unpaired) electrons. The smallest absolute Gasteiger partial charge is 0.218 e. The Bertz CT molecular complexity index is 294. The van der Waals surface area contributed by atoms with E-state index in [1.54, 1.807) is 0 Å². The van der Waals surface area contributed by atoms with E-state index < -0.39 is 6.04 Å². The molecule has 1 aliphatic carbocycles. The van der Waals surface area contributed by atoms with Crippen molar-refractivity contribution >= 4 is 0 Å². The fraction of sp³-hybridized carbons (Fsp3) is 1.00. The van der Waals surface area contributed by atoms with Crippen LogP contribution in [0.15, 0.2) is 0 Å². The summed E-state index contributed by atoms with van der Waals surface area (Å²) in [5.41, 5.74) is 0. The summed E-state index contributed by atoms with van der Waals surface area (Å²) >= 11 is 0. The number of fused-ring (bicyclic) bond motifs is 1. The second-order valence-electron chi connectivity index (χ2n) is 5.62. The Morgan fingerprint density at radius 3 is 2.29 bits per heavy atom. The molecule has 0 N–H and O–H groups in total. The maximum Gasteiger partial charge on any atom is 0.218 e. The van der Waals surface area contributed by atoms with Gasteiger partial charge in [0.25, 0.3) is 0 Å². The van der Waals surface area contributed by atoms with E-state index in [9.17, 15) is 10.1 Å². The summed E-state index contributed by atoms with van der Waals surface area (Å²) in [5.74, 6) is 0.907. The summed E-state index contributed by atoms with van der Waals surface area (Å²) in [6, 6.07) is -0.477. The minimum Gasteiger partial charge on any atom is -0.349 e. The van der Waals surface area contributed by atoms with E-state index in [0.717, 1.165) is 6.42 Å². The zero-order valence-electron chi connectivity index (χ0n) is 10.7. The average molecular weight is 243 g/mol. The van der Waals surface area contributed by atoms with Gasteiger partial charge >= 0.3 is 0 Å². The fourth-order valence-corrected chi connectivity index (χ4v) is 3.01. The molecule has 0 spiro atoms. The van der Waals surface area contributed by atoms with Crippen LogP contribution in [-0.2, 0) is 9.47 Å². The van der Waals surface area contributed by atoms with Gasteiger partial charge in [0.1, 0.15) is 6.79 Å². The molecule has 5 nitrogen and oxygen atoms in total. The van der Waals surface area contributed by atoms with Crippen LogP contribution in [0, 0.1) is 27.9 Å². The molecule has 98 valence electrons. The molecule has 5 unspecified atom stereocenters. The predicted molar refractivity (Wildman–Crippen MR) is 62.1 cm³/mol. The van der Waals surface area contributed by atoms with Crippen LogP contribution in [0.4, 0.5) is 0 Å². The van der Waals surface area contributed by atoms with Gasteiger partial charge in [0.15, 0.2) is 0 Å². The molecule has 1 heterocycles. The minimum atomic E-state index is -0.477. The first kappa shape index (κ1) is 12.8. The van der Waals surface area contributed by atoms with Crippen LogP contribution in [0.2, 0.25) is 0 Å². The summed E-state index contributed by atoms with van der Waals surface area (Å²) in [4.78, 5) is 11.1. The molecule has 1 saturated heterocycles. The lowest BCUT2D eigenvalue weighted by Crippen LogP contribution is -2.47. The molecule has 2 fully saturated rings. The number of nitro groups is 1. The van der Waals surface area contributed by atoms with Crippen molar-refractivity contribution in [3.8, 4) is 0 Å². The lowest BCUT2D eigenvalue weighted by atomic mass is 9.71. The molecule has 0 amide bonds. The highest BCUT2D eigenvalue weighted by Gasteiger charge is 2.48. The molecular formula is C12H21NO4. The summed E-state index contributed by atoms with van der Waals surface area (Å²) in [7, 11) is 0. The SMILES string of the molecule is CC(C)C(C)C1CC2OCOC2CC1[N+](=O)[O-]. The summed E-state index contributed by atoms with van der Waals surface area (Å²) < 4.78 is 10.9. The largest absolute Gasteiger partial charge is 0.349 e. The number of hydrogen-bond acceptors (Lipinski definition) is 4. The molecule has 0 aromatic heterocycles. The fourth-order valence-electron chi connectivity index (χ4n) is 3.01. The van der Waals surface area contributed by atoms with Gasteiger partial charge in [-0.3, -0.25) is 10.1 Å². The van der Waals surface area contributed by atoms with E-state index in [1.165, 1.54) is 0 Å². The summed E-state index contributed by atoms with van der Waals surface area (Å²) in [5, 5.41) is 11.2. The van der Waals surface area contributed by atoms with E-state index >= 15 is 0 Å². The molecule has 17 heavy (non-hydrogen) atoms. The van der Waals surface area contributed by atoms with Gasteiger partial charge in [-0.15, -0.1) is 0 Å². The Kier molecular flexibility index (Phi) is 3.68. The van der Waals surface area contributed by atoms with Gasteiger partial charge in [-0.1, -0.05) is 20.8 Å². The summed E-state index contributed by atoms with van der Waals surface area (Å²) in [6.07, 6.45) is 1.26. The van der Waals surface area contributed by atoms with Crippen molar-refractivity contribution in [2.45, 2.75) is 51.9 Å². The van der Waals surface area contributed by atoms with E-state index in [1.807, 2.05) is 0 Å². The van der Waals surface area contributed by atoms with E-state index in [-0.39, 0.29) is 23.0 Å². The topological polar surface area (TPSA) is 61.6 Å². The Morgan fingerprint density at radius 2 is 1.76 bits per heavy atom. The first-order valence-electron chi connectivity index (χ1n) is 6.37. The van der Waals surface area contributed by atoms with E-state index in [2.05, 4.69) is 20.8 Å². The Balaban J connectivity index is 2.13. The maximum absolute atomic E-state index is 11.2. The first-order chi connectivity index (χ1) is 8.00. The number of nitrogens with zero attached hydrogens (tertiary/aromatic N) is 1. The van der Waals surface area contributed by atoms with Gasteiger partial charge in [0.2, 0.25) is 6.04 Å². The third kappa shape index (κ3) is 2.45. The van der Waals surface area contributed by atoms with Crippen LogP contribution >= 0.6 is 0 Å². The Labute approximate surface area is 102 Å². The lowest BCUT2D eigenvalue weighted by molar-refractivity contribution is -0.540. The quantitative estimate of drug-likeness (QED) is 0.562. The highest BCUT2D eigenvalue weighted by atomic mass is 16.7. The number of hydrogen-bond donors (Lipinski definition) is 0. The lowest BCUT2D eigenvalue weighted by Gasteiger charge is -2.36.